The molecule has 20 heavy (non-hydrogen) atoms. The molecule has 1 heterocycles. The summed E-state index contributed by atoms with van der Waals surface area (Å²) >= 11 is 6.02. The number of nitrogens with two attached hydrogens (primary N) is 1. The normalized spacial score (nSPS) is 17.1. The van der Waals surface area contributed by atoms with Crippen LogP contribution in [0.3, 0.4) is 0 Å². The molecule has 1 fully saturated rings. The van der Waals surface area contributed by atoms with Gasteiger partial charge in [-0.15, -0.1) is 0 Å². The van der Waals surface area contributed by atoms with E-state index >= 15 is 0 Å². The smallest absolute Gasteiger partial charge is 0.227 e. The van der Waals surface area contributed by atoms with Crippen LogP contribution in [0.2, 0.25) is 5.02 Å². The summed E-state index contributed by atoms with van der Waals surface area (Å²) in [6.45, 7) is 5.63. The van der Waals surface area contributed by atoms with Crippen LogP contribution in [0.4, 0.5) is 5.69 Å². The molecule has 0 radical (unpaired) electrons. The molecule has 0 saturated carbocycles. The minimum atomic E-state index is -0.0345. The standard InChI is InChI=1S/C15H22ClN3O/c1-2-12(11-17)15(20)19-8-6-18(7-9-19)14-5-3-4-13(16)10-14/h3-5,10,12H,2,6-9,11,17H2,1H3. The minimum absolute atomic E-state index is 0.0345. The van der Waals surface area contributed by atoms with Gasteiger partial charge in [-0.3, -0.25) is 4.79 Å². The molecule has 110 valence electrons. The van der Waals surface area contributed by atoms with Gasteiger partial charge < -0.3 is 15.5 Å². The van der Waals surface area contributed by atoms with Crippen LogP contribution in [-0.2, 0) is 4.79 Å². The van der Waals surface area contributed by atoms with Crippen molar-refractivity contribution in [1.82, 2.24) is 4.90 Å². The van der Waals surface area contributed by atoms with Gasteiger partial charge in [0.25, 0.3) is 0 Å². The lowest BCUT2D eigenvalue weighted by Crippen LogP contribution is -2.51. The monoisotopic (exact) mass is 295 g/mol. The summed E-state index contributed by atoms with van der Waals surface area (Å²) in [4.78, 5) is 16.5. The highest BCUT2D eigenvalue weighted by Gasteiger charge is 2.25. The summed E-state index contributed by atoms with van der Waals surface area (Å²) in [5.74, 6) is 0.161. The number of carbonyl (C=O) groups is 1. The molecule has 1 atom stereocenters. The number of rotatable bonds is 4. The number of piperazine rings is 1. The van der Waals surface area contributed by atoms with Crippen LogP contribution >= 0.6 is 11.6 Å². The fourth-order valence-corrected chi connectivity index (χ4v) is 2.74. The molecule has 1 unspecified atom stereocenters. The van der Waals surface area contributed by atoms with Gasteiger partial charge in [-0.1, -0.05) is 24.6 Å². The van der Waals surface area contributed by atoms with E-state index in [1.165, 1.54) is 0 Å². The lowest BCUT2D eigenvalue weighted by Gasteiger charge is -2.37. The number of benzene rings is 1. The summed E-state index contributed by atoms with van der Waals surface area (Å²) in [5.41, 5.74) is 6.77. The van der Waals surface area contributed by atoms with Crippen molar-refractivity contribution in [3.63, 3.8) is 0 Å². The van der Waals surface area contributed by atoms with Crippen molar-refractivity contribution >= 4 is 23.2 Å². The average molecular weight is 296 g/mol. The summed E-state index contributed by atoms with van der Waals surface area (Å²) < 4.78 is 0. The van der Waals surface area contributed by atoms with Gasteiger partial charge in [0.15, 0.2) is 0 Å². The van der Waals surface area contributed by atoms with Crippen LogP contribution < -0.4 is 10.6 Å². The number of halogens is 1. The van der Waals surface area contributed by atoms with E-state index in [4.69, 9.17) is 17.3 Å². The third-order valence-electron chi connectivity index (χ3n) is 3.89. The number of hydrogen-bond acceptors (Lipinski definition) is 3. The highest BCUT2D eigenvalue weighted by molar-refractivity contribution is 6.30. The molecule has 1 aliphatic heterocycles. The Labute approximate surface area is 125 Å². The van der Waals surface area contributed by atoms with Crippen molar-refractivity contribution in [2.75, 3.05) is 37.6 Å². The lowest BCUT2D eigenvalue weighted by molar-refractivity contribution is -0.135. The lowest BCUT2D eigenvalue weighted by atomic mass is 10.0. The second-order valence-electron chi connectivity index (χ2n) is 5.13. The first kappa shape index (κ1) is 15.1. The maximum absolute atomic E-state index is 12.3. The molecule has 0 aromatic heterocycles. The maximum Gasteiger partial charge on any atom is 0.227 e. The molecule has 1 saturated heterocycles. The molecule has 1 aromatic carbocycles. The highest BCUT2D eigenvalue weighted by Crippen LogP contribution is 2.21. The third kappa shape index (κ3) is 3.44. The molecule has 0 spiro atoms. The molecular formula is C15H22ClN3O. The van der Waals surface area contributed by atoms with Crippen molar-refractivity contribution in [3.05, 3.63) is 29.3 Å². The van der Waals surface area contributed by atoms with E-state index in [-0.39, 0.29) is 11.8 Å². The summed E-state index contributed by atoms with van der Waals surface area (Å²) in [5, 5.41) is 0.746. The Hall–Kier alpha value is -1.26. The van der Waals surface area contributed by atoms with Gasteiger partial charge in [0.2, 0.25) is 5.91 Å². The Morgan fingerprint density at radius 2 is 2.05 bits per heavy atom. The van der Waals surface area contributed by atoms with Crippen LogP contribution in [0.15, 0.2) is 24.3 Å². The first-order valence-corrected chi connectivity index (χ1v) is 7.53. The molecule has 1 amide bonds. The van der Waals surface area contributed by atoms with Gasteiger partial charge in [0.05, 0.1) is 5.92 Å². The molecular weight excluding hydrogens is 274 g/mol. The van der Waals surface area contributed by atoms with Crippen molar-refractivity contribution in [1.29, 1.82) is 0 Å². The van der Waals surface area contributed by atoms with E-state index in [0.717, 1.165) is 43.3 Å². The molecule has 5 heteroatoms. The van der Waals surface area contributed by atoms with Crippen molar-refractivity contribution < 1.29 is 4.79 Å². The minimum Gasteiger partial charge on any atom is -0.368 e. The van der Waals surface area contributed by atoms with Crippen molar-refractivity contribution in [3.8, 4) is 0 Å². The van der Waals surface area contributed by atoms with E-state index in [1.54, 1.807) is 0 Å². The predicted octanol–water partition coefficient (Wildman–Crippen LogP) is 1.97. The summed E-state index contributed by atoms with van der Waals surface area (Å²) in [6, 6.07) is 7.85. The quantitative estimate of drug-likeness (QED) is 0.924. The van der Waals surface area contributed by atoms with Gasteiger partial charge in [0, 0.05) is 43.4 Å². The second-order valence-corrected chi connectivity index (χ2v) is 5.57. The summed E-state index contributed by atoms with van der Waals surface area (Å²) in [7, 11) is 0. The summed E-state index contributed by atoms with van der Waals surface area (Å²) in [6.07, 6.45) is 0.809. The van der Waals surface area contributed by atoms with Crippen LogP contribution in [0.5, 0.6) is 0 Å². The van der Waals surface area contributed by atoms with Crippen molar-refractivity contribution in [2.45, 2.75) is 13.3 Å². The molecule has 0 bridgehead atoms. The van der Waals surface area contributed by atoms with E-state index in [2.05, 4.69) is 11.0 Å². The van der Waals surface area contributed by atoms with E-state index in [1.807, 2.05) is 30.0 Å². The Kier molecular flexibility index (Phi) is 5.26. The van der Waals surface area contributed by atoms with Gasteiger partial charge in [0.1, 0.15) is 0 Å². The van der Waals surface area contributed by atoms with Gasteiger partial charge in [-0.2, -0.15) is 0 Å². The first-order valence-electron chi connectivity index (χ1n) is 7.15. The molecule has 2 N–H and O–H groups in total. The number of nitrogens with zero attached hydrogens (tertiary/aromatic N) is 2. The number of carbonyl (C=O) groups excluding carboxylic acids is 1. The van der Waals surface area contributed by atoms with Gasteiger partial charge >= 0.3 is 0 Å². The zero-order valence-corrected chi connectivity index (χ0v) is 12.6. The topological polar surface area (TPSA) is 49.6 Å². The molecule has 4 nitrogen and oxygen atoms in total. The molecule has 1 aromatic rings. The van der Waals surface area contributed by atoms with Crippen LogP contribution in [0.25, 0.3) is 0 Å². The number of amides is 1. The second kappa shape index (κ2) is 6.95. The van der Waals surface area contributed by atoms with Crippen molar-refractivity contribution in [2.24, 2.45) is 11.7 Å². The zero-order chi connectivity index (χ0) is 14.5. The fourth-order valence-electron chi connectivity index (χ4n) is 2.56. The maximum atomic E-state index is 12.3. The molecule has 0 aliphatic carbocycles. The fraction of sp³-hybridized carbons (Fsp3) is 0.533. The Balaban J connectivity index is 1.94. The average Bonchev–Trinajstić information content (AvgIpc) is 2.48. The Morgan fingerprint density at radius 3 is 2.60 bits per heavy atom. The van der Waals surface area contributed by atoms with E-state index in [0.29, 0.717) is 6.54 Å². The largest absolute Gasteiger partial charge is 0.368 e. The van der Waals surface area contributed by atoms with Crippen LogP contribution in [-0.4, -0.2) is 43.5 Å². The van der Waals surface area contributed by atoms with Crippen LogP contribution in [0, 0.1) is 5.92 Å². The Bertz CT molecular complexity index is 454. The third-order valence-corrected chi connectivity index (χ3v) is 4.13. The molecule has 1 aliphatic rings. The molecule has 2 rings (SSSR count). The first-order chi connectivity index (χ1) is 9.65. The van der Waals surface area contributed by atoms with Gasteiger partial charge in [-0.25, -0.2) is 0 Å². The van der Waals surface area contributed by atoms with E-state index in [9.17, 15) is 4.79 Å². The SMILES string of the molecule is CCC(CN)C(=O)N1CCN(c2cccc(Cl)c2)CC1. The van der Waals surface area contributed by atoms with E-state index < -0.39 is 0 Å². The number of anilines is 1. The van der Waals surface area contributed by atoms with Crippen LogP contribution in [0.1, 0.15) is 13.3 Å². The zero-order valence-electron chi connectivity index (χ0n) is 11.9. The number of hydrogen-bond donors (Lipinski definition) is 1. The van der Waals surface area contributed by atoms with Gasteiger partial charge in [-0.05, 0) is 24.6 Å². The highest BCUT2D eigenvalue weighted by atomic mass is 35.5. The Morgan fingerprint density at radius 1 is 1.35 bits per heavy atom. The predicted molar refractivity (Wildman–Crippen MR) is 83.1 cm³/mol.